The highest BCUT2D eigenvalue weighted by molar-refractivity contribution is 7.98. The van der Waals surface area contributed by atoms with Gasteiger partial charge in [0.2, 0.25) is 0 Å². The van der Waals surface area contributed by atoms with Crippen LogP contribution in [-0.2, 0) is 5.75 Å². The molecule has 1 heterocycles. The second-order valence-corrected chi connectivity index (χ2v) is 4.28. The van der Waals surface area contributed by atoms with Crippen molar-refractivity contribution in [2.45, 2.75) is 12.7 Å². The molecule has 4 heteroatoms. The highest BCUT2D eigenvalue weighted by Gasteiger charge is 2.01. The average Bonchev–Trinajstić information content (AvgIpc) is 2.19. The minimum absolute atomic E-state index is 0.565. The van der Waals surface area contributed by atoms with Gasteiger partial charge in [0.15, 0.2) is 0 Å². The Morgan fingerprint density at radius 3 is 2.77 bits per heavy atom. The van der Waals surface area contributed by atoms with E-state index in [0.29, 0.717) is 5.92 Å². The lowest BCUT2D eigenvalue weighted by atomic mass is 10.3. The highest BCUT2D eigenvalue weighted by atomic mass is 35.5. The Kier molecular flexibility index (Phi) is 5.16. The summed E-state index contributed by atoms with van der Waals surface area (Å²) in [6.45, 7) is 2.14. The van der Waals surface area contributed by atoms with Gasteiger partial charge in [0.05, 0.1) is 5.75 Å². The number of aromatic nitrogens is 2. The van der Waals surface area contributed by atoms with Gasteiger partial charge in [0.25, 0.3) is 0 Å². The highest BCUT2D eigenvalue weighted by Crippen LogP contribution is 2.13. The largest absolute Gasteiger partial charge is 0.240 e. The molecule has 0 aromatic carbocycles. The van der Waals surface area contributed by atoms with Gasteiger partial charge in [0, 0.05) is 18.3 Å². The molecule has 1 atom stereocenters. The minimum atomic E-state index is 0.565. The van der Waals surface area contributed by atoms with Crippen LogP contribution in [0.2, 0.25) is 0 Å². The molecule has 0 bridgehead atoms. The lowest BCUT2D eigenvalue weighted by Gasteiger charge is -2.05. The van der Waals surface area contributed by atoms with E-state index in [2.05, 4.69) is 16.9 Å². The van der Waals surface area contributed by atoms with E-state index >= 15 is 0 Å². The van der Waals surface area contributed by atoms with E-state index < -0.39 is 0 Å². The third-order valence-corrected chi connectivity index (χ3v) is 3.31. The Bertz CT molecular complexity index is 230. The number of thioether (sulfide) groups is 1. The molecule has 2 nitrogen and oxygen atoms in total. The van der Waals surface area contributed by atoms with Crippen LogP contribution < -0.4 is 0 Å². The van der Waals surface area contributed by atoms with Gasteiger partial charge >= 0.3 is 0 Å². The predicted octanol–water partition coefficient (Wildman–Crippen LogP) is 2.58. The topological polar surface area (TPSA) is 25.8 Å². The van der Waals surface area contributed by atoms with Crippen LogP contribution >= 0.6 is 23.4 Å². The molecule has 0 radical (unpaired) electrons. The fourth-order valence-electron chi connectivity index (χ4n) is 0.800. The van der Waals surface area contributed by atoms with E-state index in [0.717, 1.165) is 23.2 Å². The van der Waals surface area contributed by atoms with Crippen LogP contribution in [0, 0.1) is 5.92 Å². The summed E-state index contributed by atoms with van der Waals surface area (Å²) in [6.07, 6.45) is 3.54. The van der Waals surface area contributed by atoms with Crippen molar-refractivity contribution >= 4 is 23.4 Å². The molecule has 0 amide bonds. The Morgan fingerprint density at radius 2 is 2.15 bits per heavy atom. The molecule has 0 fully saturated rings. The van der Waals surface area contributed by atoms with Crippen LogP contribution in [0.5, 0.6) is 0 Å². The maximum absolute atomic E-state index is 5.69. The fraction of sp³-hybridized carbons (Fsp3) is 0.556. The van der Waals surface area contributed by atoms with Gasteiger partial charge in [-0.15, -0.1) is 11.6 Å². The van der Waals surface area contributed by atoms with Crippen molar-refractivity contribution < 1.29 is 0 Å². The van der Waals surface area contributed by atoms with E-state index in [-0.39, 0.29) is 0 Å². The van der Waals surface area contributed by atoms with Crippen LogP contribution in [-0.4, -0.2) is 21.6 Å². The van der Waals surface area contributed by atoms with Crippen LogP contribution in [0.1, 0.15) is 12.7 Å². The monoisotopic (exact) mass is 216 g/mol. The summed E-state index contributed by atoms with van der Waals surface area (Å²) in [5.74, 6) is 4.14. The standard InChI is InChI=1S/C9H13ClN2S/c1-8(5-10)6-13-7-9-11-3-2-4-12-9/h2-4,8H,5-7H2,1H3. The van der Waals surface area contributed by atoms with Crippen molar-refractivity contribution in [1.82, 2.24) is 9.97 Å². The third-order valence-electron chi connectivity index (χ3n) is 1.52. The molecule has 0 N–H and O–H groups in total. The van der Waals surface area contributed by atoms with Crippen LogP contribution in [0.15, 0.2) is 18.5 Å². The average molecular weight is 217 g/mol. The van der Waals surface area contributed by atoms with Gasteiger partial charge in [-0.3, -0.25) is 0 Å². The van der Waals surface area contributed by atoms with Crippen LogP contribution in [0.3, 0.4) is 0 Å². The molecular formula is C9H13ClN2S. The number of hydrogen-bond acceptors (Lipinski definition) is 3. The van der Waals surface area contributed by atoms with Crippen LogP contribution in [0.4, 0.5) is 0 Å². The Hall–Kier alpha value is -0.280. The molecule has 1 aromatic heterocycles. The lowest BCUT2D eigenvalue weighted by Crippen LogP contribution is -2.00. The SMILES string of the molecule is CC(CCl)CSCc1ncccn1. The first-order chi connectivity index (χ1) is 6.33. The summed E-state index contributed by atoms with van der Waals surface area (Å²) in [5.41, 5.74) is 0. The molecule has 0 spiro atoms. The first-order valence-electron chi connectivity index (χ1n) is 4.22. The van der Waals surface area contributed by atoms with Crippen molar-refractivity contribution in [3.8, 4) is 0 Å². The molecule has 72 valence electrons. The third kappa shape index (κ3) is 4.48. The van der Waals surface area contributed by atoms with Crippen molar-refractivity contribution in [2.24, 2.45) is 5.92 Å². The van der Waals surface area contributed by atoms with Crippen molar-refractivity contribution in [3.63, 3.8) is 0 Å². The van der Waals surface area contributed by atoms with Gasteiger partial charge in [0.1, 0.15) is 5.82 Å². The first kappa shape index (κ1) is 10.8. The second kappa shape index (κ2) is 6.22. The number of alkyl halides is 1. The summed E-state index contributed by atoms with van der Waals surface area (Å²) >= 11 is 7.52. The summed E-state index contributed by atoms with van der Waals surface area (Å²) in [7, 11) is 0. The number of nitrogens with zero attached hydrogens (tertiary/aromatic N) is 2. The molecule has 0 aliphatic carbocycles. The molecule has 1 unspecified atom stereocenters. The predicted molar refractivity (Wildman–Crippen MR) is 58.1 cm³/mol. The maximum atomic E-state index is 5.69. The van der Waals surface area contributed by atoms with E-state index in [9.17, 15) is 0 Å². The maximum Gasteiger partial charge on any atom is 0.138 e. The van der Waals surface area contributed by atoms with E-state index in [1.807, 2.05) is 17.8 Å². The normalized spacial score (nSPS) is 12.8. The van der Waals surface area contributed by atoms with Crippen LogP contribution in [0.25, 0.3) is 0 Å². The summed E-state index contributed by atoms with van der Waals surface area (Å²) in [5, 5.41) is 0. The Morgan fingerprint density at radius 1 is 1.46 bits per heavy atom. The lowest BCUT2D eigenvalue weighted by molar-refractivity contribution is 0.758. The van der Waals surface area contributed by atoms with Gasteiger partial charge in [-0.2, -0.15) is 11.8 Å². The van der Waals surface area contributed by atoms with Gasteiger partial charge < -0.3 is 0 Å². The van der Waals surface area contributed by atoms with Crippen molar-refractivity contribution in [2.75, 3.05) is 11.6 Å². The molecule has 0 saturated carbocycles. The minimum Gasteiger partial charge on any atom is -0.240 e. The smallest absolute Gasteiger partial charge is 0.138 e. The summed E-state index contributed by atoms with van der Waals surface area (Å²) < 4.78 is 0. The Labute approximate surface area is 88.1 Å². The fourth-order valence-corrected chi connectivity index (χ4v) is 2.01. The molecular weight excluding hydrogens is 204 g/mol. The zero-order valence-electron chi connectivity index (χ0n) is 7.61. The quantitative estimate of drug-likeness (QED) is 0.708. The van der Waals surface area contributed by atoms with Gasteiger partial charge in [-0.05, 0) is 17.7 Å². The number of halogens is 1. The molecule has 0 aliphatic heterocycles. The van der Waals surface area contributed by atoms with E-state index in [1.54, 1.807) is 12.4 Å². The van der Waals surface area contributed by atoms with Crippen molar-refractivity contribution in [1.29, 1.82) is 0 Å². The van der Waals surface area contributed by atoms with Gasteiger partial charge in [-0.25, -0.2) is 9.97 Å². The van der Waals surface area contributed by atoms with E-state index in [1.165, 1.54) is 0 Å². The van der Waals surface area contributed by atoms with Crippen molar-refractivity contribution in [3.05, 3.63) is 24.3 Å². The Balaban J connectivity index is 2.20. The molecule has 1 aromatic rings. The number of rotatable bonds is 5. The zero-order chi connectivity index (χ0) is 9.52. The van der Waals surface area contributed by atoms with Gasteiger partial charge in [-0.1, -0.05) is 6.92 Å². The second-order valence-electron chi connectivity index (χ2n) is 2.94. The molecule has 0 saturated heterocycles. The first-order valence-corrected chi connectivity index (χ1v) is 5.91. The molecule has 1 rings (SSSR count). The molecule has 13 heavy (non-hydrogen) atoms. The van der Waals surface area contributed by atoms with E-state index in [4.69, 9.17) is 11.6 Å². The number of hydrogen-bond donors (Lipinski definition) is 0. The zero-order valence-corrected chi connectivity index (χ0v) is 9.18. The summed E-state index contributed by atoms with van der Waals surface area (Å²) in [4.78, 5) is 8.27. The molecule has 0 aliphatic rings. The summed E-state index contributed by atoms with van der Waals surface area (Å²) in [6, 6.07) is 1.83.